The Morgan fingerprint density at radius 2 is 1.48 bits per heavy atom. The molecule has 0 radical (unpaired) electrons. The van der Waals surface area contributed by atoms with Crippen LogP contribution in [0.25, 0.3) is 5.69 Å². The molecular formula is C24H28BN3O3. The van der Waals surface area contributed by atoms with Crippen LogP contribution in [0.1, 0.15) is 55.0 Å². The number of rotatable bonds is 5. The lowest BCUT2D eigenvalue weighted by Gasteiger charge is -2.32. The van der Waals surface area contributed by atoms with Gasteiger partial charge in [0.05, 0.1) is 16.9 Å². The summed E-state index contributed by atoms with van der Waals surface area (Å²) in [6.07, 6.45) is 0.814. The Labute approximate surface area is 183 Å². The largest absolute Gasteiger partial charge is 0.494 e. The Balaban J connectivity index is 1.45. The van der Waals surface area contributed by atoms with E-state index in [2.05, 4.69) is 69.2 Å². The van der Waals surface area contributed by atoms with Gasteiger partial charge in [-0.25, -0.2) is 4.68 Å². The molecule has 2 aromatic carbocycles. The van der Waals surface area contributed by atoms with Crippen LogP contribution in [-0.2, 0) is 15.7 Å². The van der Waals surface area contributed by atoms with Gasteiger partial charge in [0, 0.05) is 5.69 Å². The third kappa shape index (κ3) is 4.16. The zero-order valence-corrected chi connectivity index (χ0v) is 18.7. The molecule has 0 unspecified atom stereocenters. The second kappa shape index (κ2) is 7.66. The summed E-state index contributed by atoms with van der Waals surface area (Å²) in [6.45, 7) is 10.1. The van der Waals surface area contributed by atoms with Crippen LogP contribution < -0.4 is 11.2 Å². The molecule has 1 amide bonds. The molecule has 1 aromatic heterocycles. The van der Waals surface area contributed by atoms with Crippen molar-refractivity contribution in [2.75, 3.05) is 0 Å². The van der Waals surface area contributed by atoms with Crippen molar-refractivity contribution in [1.82, 2.24) is 9.78 Å². The van der Waals surface area contributed by atoms with Gasteiger partial charge in [-0.3, -0.25) is 4.79 Å². The Morgan fingerprint density at radius 1 is 0.968 bits per heavy atom. The van der Waals surface area contributed by atoms with Crippen molar-refractivity contribution >= 4 is 18.5 Å². The molecule has 3 aromatic rings. The first kappa shape index (κ1) is 21.3. The maximum atomic E-state index is 11.4. The van der Waals surface area contributed by atoms with Crippen molar-refractivity contribution < 1.29 is 14.1 Å². The van der Waals surface area contributed by atoms with Gasteiger partial charge in [-0.15, -0.1) is 0 Å². The molecule has 7 heteroatoms. The number of aryl methyl sites for hydroxylation is 1. The van der Waals surface area contributed by atoms with Crippen molar-refractivity contribution in [2.24, 2.45) is 5.73 Å². The summed E-state index contributed by atoms with van der Waals surface area (Å²) in [6, 6.07) is 18.2. The van der Waals surface area contributed by atoms with Gasteiger partial charge < -0.3 is 15.0 Å². The number of nitrogens with zero attached hydrogens (tertiary/aromatic N) is 2. The average molecular weight is 417 g/mol. The first-order chi connectivity index (χ1) is 14.6. The zero-order valence-electron chi connectivity index (χ0n) is 18.7. The summed E-state index contributed by atoms with van der Waals surface area (Å²) >= 11 is 0. The second-order valence-electron chi connectivity index (χ2n) is 9.12. The SMILES string of the molecule is Cc1cc(C(N)=O)nn1-c1ccc(Cc2ccc(B3OC(C)(C)C(C)(C)O3)cc2)cc1. The molecule has 2 heterocycles. The zero-order chi connectivity index (χ0) is 22.4. The van der Waals surface area contributed by atoms with E-state index in [0.717, 1.165) is 23.3 Å². The van der Waals surface area contributed by atoms with E-state index >= 15 is 0 Å². The quantitative estimate of drug-likeness (QED) is 0.647. The van der Waals surface area contributed by atoms with Crippen LogP contribution in [0.5, 0.6) is 0 Å². The highest BCUT2D eigenvalue weighted by atomic mass is 16.7. The fourth-order valence-electron chi connectivity index (χ4n) is 3.62. The Kier molecular flexibility index (Phi) is 5.27. The van der Waals surface area contributed by atoms with Gasteiger partial charge in [-0.1, -0.05) is 36.4 Å². The molecule has 0 atom stereocenters. The summed E-state index contributed by atoms with van der Waals surface area (Å²) in [4.78, 5) is 11.4. The third-order valence-electron chi connectivity index (χ3n) is 6.23. The molecule has 4 rings (SSSR count). The summed E-state index contributed by atoms with van der Waals surface area (Å²) in [5.41, 5.74) is 10.1. The predicted molar refractivity (Wildman–Crippen MR) is 122 cm³/mol. The molecule has 6 nitrogen and oxygen atoms in total. The normalized spacial score (nSPS) is 17.1. The monoisotopic (exact) mass is 417 g/mol. The number of aromatic nitrogens is 2. The lowest BCUT2D eigenvalue weighted by molar-refractivity contribution is 0.00578. The van der Waals surface area contributed by atoms with Crippen LogP contribution in [0.15, 0.2) is 54.6 Å². The van der Waals surface area contributed by atoms with Crippen LogP contribution in [0.3, 0.4) is 0 Å². The van der Waals surface area contributed by atoms with Crippen LogP contribution in [0.4, 0.5) is 0 Å². The molecule has 160 valence electrons. The van der Waals surface area contributed by atoms with E-state index in [1.807, 2.05) is 19.1 Å². The minimum atomic E-state index is -0.526. The molecule has 31 heavy (non-hydrogen) atoms. The van der Waals surface area contributed by atoms with Crippen molar-refractivity contribution in [3.63, 3.8) is 0 Å². The van der Waals surface area contributed by atoms with Gasteiger partial charge in [0.15, 0.2) is 5.69 Å². The Bertz CT molecular complexity index is 1090. The molecule has 0 aliphatic carbocycles. The summed E-state index contributed by atoms with van der Waals surface area (Å²) < 4.78 is 14.0. The van der Waals surface area contributed by atoms with Gasteiger partial charge in [-0.05, 0) is 75.8 Å². The number of nitrogens with two attached hydrogens (primary N) is 1. The molecule has 1 aliphatic rings. The van der Waals surface area contributed by atoms with Crippen molar-refractivity contribution in [3.05, 3.63) is 77.1 Å². The highest BCUT2D eigenvalue weighted by Gasteiger charge is 2.51. The first-order valence-corrected chi connectivity index (χ1v) is 10.5. The molecule has 1 saturated heterocycles. The van der Waals surface area contributed by atoms with E-state index in [1.54, 1.807) is 10.7 Å². The standard InChI is InChI=1S/C24H28BN3O3/c1-16-14-21(22(26)29)27-28(16)20-12-8-18(9-13-20)15-17-6-10-19(11-7-17)25-30-23(2,3)24(4,5)31-25/h6-14H,15H2,1-5H3,(H2,26,29). The van der Waals surface area contributed by atoms with E-state index in [-0.39, 0.29) is 24.0 Å². The molecule has 1 fully saturated rings. The predicted octanol–water partition coefficient (Wildman–Crippen LogP) is 3.17. The topological polar surface area (TPSA) is 79.4 Å². The molecule has 0 saturated carbocycles. The second-order valence-corrected chi connectivity index (χ2v) is 9.12. The van der Waals surface area contributed by atoms with Crippen LogP contribution >= 0.6 is 0 Å². The summed E-state index contributed by atoms with van der Waals surface area (Å²) in [5, 5.41) is 4.28. The van der Waals surface area contributed by atoms with E-state index in [4.69, 9.17) is 15.0 Å². The minimum absolute atomic E-state index is 0.267. The van der Waals surface area contributed by atoms with Gasteiger partial charge >= 0.3 is 7.12 Å². The number of hydrogen-bond acceptors (Lipinski definition) is 4. The van der Waals surface area contributed by atoms with Gasteiger partial charge in [0.2, 0.25) is 0 Å². The van der Waals surface area contributed by atoms with Crippen molar-refractivity contribution in [2.45, 2.75) is 52.2 Å². The molecule has 0 bridgehead atoms. The summed E-state index contributed by atoms with van der Waals surface area (Å²) in [5.74, 6) is -0.526. The lowest BCUT2D eigenvalue weighted by Crippen LogP contribution is -2.41. The highest BCUT2D eigenvalue weighted by molar-refractivity contribution is 6.62. The Morgan fingerprint density at radius 3 is 1.97 bits per heavy atom. The number of amides is 1. The van der Waals surface area contributed by atoms with E-state index in [9.17, 15) is 4.79 Å². The highest BCUT2D eigenvalue weighted by Crippen LogP contribution is 2.36. The van der Waals surface area contributed by atoms with Crippen LogP contribution in [0, 0.1) is 6.92 Å². The fraction of sp³-hybridized carbons (Fsp3) is 0.333. The number of benzene rings is 2. The third-order valence-corrected chi connectivity index (χ3v) is 6.23. The van der Waals surface area contributed by atoms with Gasteiger partial charge in [0.25, 0.3) is 5.91 Å². The fourth-order valence-corrected chi connectivity index (χ4v) is 3.62. The molecule has 0 spiro atoms. The molecular weight excluding hydrogens is 389 g/mol. The first-order valence-electron chi connectivity index (χ1n) is 10.5. The van der Waals surface area contributed by atoms with Crippen molar-refractivity contribution in [1.29, 1.82) is 0 Å². The smallest absolute Gasteiger partial charge is 0.399 e. The van der Waals surface area contributed by atoms with E-state index < -0.39 is 5.91 Å². The van der Waals surface area contributed by atoms with Crippen molar-refractivity contribution in [3.8, 4) is 5.69 Å². The summed E-state index contributed by atoms with van der Waals surface area (Å²) in [7, 11) is -0.346. The number of hydrogen-bond donors (Lipinski definition) is 1. The number of carbonyl (C=O) groups excluding carboxylic acids is 1. The Hall–Kier alpha value is -2.90. The maximum absolute atomic E-state index is 11.4. The number of primary amides is 1. The van der Waals surface area contributed by atoms with Crippen LogP contribution in [0.2, 0.25) is 0 Å². The van der Waals surface area contributed by atoms with E-state index in [1.165, 1.54) is 11.1 Å². The molecule has 1 aliphatic heterocycles. The van der Waals surface area contributed by atoms with Gasteiger partial charge in [-0.2, -0.15) is 5.10 Å². The maximum Gasteiger partial charge on any atom is 0.494 e. The number of carbonyl (C=O) groups is 1. The van der Waals surface area contributed by atoms with E-state index in [0.29, 0.717) is 0 Å². The van der Waals surface area contributed by atoms with Gasteiger partial charge in [0.1, 0.15) is 0 Å². The minimum Gasteiger partial charge on any atom is -0.399 e. The lowest BCUT2D eigenvalue weighted by atomic mass is 9.78. The molecule has 2 N–H and O–H groups in total. The van der Waals surface area contributed by atoms with Crippen LogP contribution in [-0.4, -0.2) is 34.0 Å². The average Bonchev–Trinajstić information content (AvgIpc) is 3.19.